The molecule has 6 nitrogen and oxygen atoms in total. The molecule has 1 aromatic rings. The number of aromatic nitrogens is 1. The maximum Gasteiger partial charge on any atom is 0.256 e. The Morgan fingerprint density at radius 1 is 0.867 bits per heavy atom. The monoisotopic (exact) mass is 424 g/mol. The van der Waals surface area contributed by atoms with E-state index in [4.69, 9.17) is 0 Å². The van der Waals surface area contributed by atoms with Crippen molar-refractivity contribution in [3.8, 4) is 0 Å². The molecule has 1 amide bonds. The molecule has 0 aliphatic carbocycles. The van der Waals surface area contributed by atoms with Gasteiger partial charge in [-0.2, -0.15) is 0 Å². The smallest absolute Gasteiger partial charge is 0.256 e. The van der Waals surface area contributed by atoms with Crippen LogP contribution in [0, 0.1) is 0 Å². The van der Waals surface area contributed by atoms with Crippen molar-refractivity contribution in [3.05, 3.63) is 23.5 Å². The van der Waals surface area contributed by atoms with Crippen LogP contribution in [0.4, 0.5) is 0 Å². The highest BCUT2D eigenvalue weighted by Gasteiger charge is 2.28. The molecule has 0 atom stereocenters. The molecular formula is C24H48N4O2. The Balaban J connectivity index is 0. The number of fused-ring (bicyclic) bond motifs is 1. The second-order valence-corrected chi connectivity index (χ2v) is 6.10. The average Bonchev–Trinajstić information content (AvgIpc) is 3.17. The first-order valence-electron chi connectivity index (χ1n) is 12.1. The molecule has 0 saturated carbocycles. The van der Waals surface area contributed by atoms with E-state index in [0.29, 0.717) is 24.2 Å². The molecule has 0 radical (unpaired) electrons. The Bertz CT molecular complexity index is 564. The van der Waals surface area contributed by atoms with E-state index in [2.05, 4.69) is 10.2 Å². The molecule has 1 N–H and O–H groups in total. The Kier molecular flexibility index (Phi) is 19.7. The number of piperazine rings is 1. The number of hydrogen-bond acceptors (Lipinski definition) is 4. The predicted octanol–water partition coefficient (Wildman–Crippen LogP) is 4.45. The van der Waals surface area contributed by atoms with Gasteiger partial charge in [-0.05, 0) is 19.0 Å². The fraction of sp³-hybridized carbons (Fsp3) is 0.750. The van der Waals surface area contributed by atoms with Gasteiger partial charge >= 0.3 is 0 Å². The molecule has 0 spiro atoms. The number of Topliss-reactive ketones (excluding diaryl/α,β-unsaturated/α-hetero) is 1. The summed E-state index contributed by atoms with van der Waals surface area (Å²) in [5, 5.41) is 3.34. The summed E-state index contributed by atoms with van der Waals surface area (Å²) in [6, 6.07) is 1.77. The number of hydrogen-bond donors (Lipinski definition) is 1. The zero-order valence-electron chi connectivity index (χ0n) is 21.2. The number of carbonyl (C=O) groups excluding carboxylic acids is 2. The highest BCUT2D eigenvalue weighted by molar-refractivity contribution is 6.08. The fourth-order valence-corrected chi connectivity index (χ4v) is 3.31. The van der Waals surface area contributed by atoms with E-state index in [1.165, 1.54) is 0 Å². The van der Waals surface area contributed by atoms with Crippen LogP contribution < -0.4 is 5.32 Å². The van der Waals surface area contributed by atoms with Crippen LogP contribution in [-0.2, 0) is 7.05 Å². The Morgan fingerprint density at radius 2 is 1.43 bits per heavy atom. The Labute approximate surface area is 186 Å². The summed E-state index contributed by atoms with van der Waals surface area (Å²) >= 11 is 0. The molecule has 30 heavy (non-hydrogen) atoms. The predicted molar refractivity (Wildman–Crippen MR) is 130 cm³/mol. The van der Waals surface area contributed by atoms with Gasteiger partial charge in [-0.1, -0.05) is 55.4 Å². The number of nitrogens with zero attached hydrogens (tertiary/aromatic N) is 3. The third kappa shape index (κ3) is 9.43. The molecule has 1 saturated heterocycles. The normalized spacial score (nSPS) is 15.6. The van der Waals surface area contributed by atoms with E-state index < -0.39 is 0 Å². The second kappa shape index (κ2) is 19.3. The second-order valence-electron chi connectivity index (χ2n) is 6.10. The molecule has 176 valence electrons. The highest BCUT2D eigenvalue weighted by Crippen LogP contribution is 2.19. The van der Waals surface area contributed by atoms with E-state index in [0.717, 1.165) is 45.7 Å². The largest absolute Gasteiger partial charge is 0.348 e. The van der Waals surface area contributed by atoms with Crippen LogP contribution in [-0.4, -0.2) is 71.9 Å². The van der Waals surface area contributed by atoms with E-state index in [1.807, 2.05) is 67.3 Å². The van der Waals surface area contributed by atoms with Gasteiger partial charge in [0.05, 0.1) is 11.3 Å². The van der Waals surface area contributed by atoms with Crippen LogP contribution in [0.3, 0.4) is 0 Å². The summed E-state index contributed by atoms with van der Waals surface area (Å²) in [4.78, 5) is 29.1. The quantitative estimate of drug-likeness (QED) is 0.776. The zero-order chi connectivity index (χ0) is 23.5. The molecule has 0 bridgehead atoms. The van der Waals surface area contributed by atoms with Gasteiger partial charge in [-0.3, -0.25) is 9.59 Å². The first-order chi connectivity index (χ1) is 14.7. The molecular weight excluding hydrogens is 376 g/mol. The number of rotatable bonds is 4. The zero-order valence-corrected chi connectivity index (χ0v) is 21.2. The number of ketones is 1. The molecule has 1 aromatic heterocycles. The molecule has 0 unspecified atom stereocenters. The molecule has 2 aliphatic rings. The van der Waals surface area contributed by atoms with Gasteiger partial charge in [0.15, 0.2) is 5.78 Å². The van der Waals surface area contributed by atoms with Gasteiger partial charge < -0.3 is 19.7 Å². The minimum atomic E-state index is 0.00163. The summed E-state index contributed by atoms with van der Waals surface area (Å²) in [6.45, 7) is 22.5. The lowest BCUT2D eigenvalue weighted by Crippen LogP contribution is -2.44. The maximum atomic E-state index is 12.6. The average molecular weight is 425 g/mol. The van der Waals surface area contributed by atoms with Crippen LogP contribution in [0.2, 0.25) is 0 Å². The van der Waals surface area contributed by atoms with Gasteiger partial charge in [-0.25, -0.2) is 0 Å². The minimum Gasteiger partial charge on any atom is -0.348 e. The molecule has 1 fully saturated rings. The van der Waals surface area contributed by atoms with Crippen molar-refractivity contribution in [3.63, 3.8) is 0 Å². The number of nitrogens with one attached hydrogen (secondary N) is 1. The van der Waals surface area contributed by atoms with Gasteiger partial charge in [0.1, 0.15) is 0 Å². The van der Waals surface area contributed by atoms with E-state index >= 15 is 0 Å². The lowest BCUT2D eigenvalue weighted by atomic mass is 10.1. The third-order valence-corrected chi connectivity index (χ3v) is 4.58. The fourth-order valence-electron chi connectivity index (χ4n) is 3.31. The highest BCUT2D eigenvalue weighted by atomic mass is 16.2. The SMILES string of the molecule is CC.CC.CC.CC.Cn1ccc2c1C(=O)CCN(CCCN1CCNCC1)C2=O. The third-order valence-electron chi connectivity index (χ3n) is 4.58. The van der Waals surface area contributed by atoms with Gasteiger partial charge in [0.2, 0.25) is 0 Å². The van der Waals surface area contributed by atoms with Crippen molar-refractivity contribution >= 4 is 11.7 Å². The van der Waals surface area contributed by atoms with Gasteiger partial charge in [0, 0.05) is 58.9 Å². The molecule has 3 rings (SSSR count). The van der Waals surface area contributed by atoms with Crippen LogP contribution in [0.5, 0.6) is 0 Å². The van der Waals surface area contributed by atoms with Crippen molar-refractivity contribution in [2.45, 2.75) is 68.2 Å². The van der Waals surface area contributed by atoms with Crippen LogP contribution in [0.15, 0.2) is 12.3 Å². The molecule has 6 heteroatoms. The van der Waals surface area contributed by atoms with Gasteiger partial charge in [-0.15, -0.1) is 0 Å². The number of amides is 1. The summed E-state index contributed by atoms with van der Waals surface area (Å²) in [7, 11) is 1.82. The van der Waals surface area contributed by atoms with Crippen LogP contribution >= 0.6 is 0 Å². The molecule has 3 heterocycles. The molecule has 0 aromatic carbocycles. The Hall–Kier alpha value is -1.66. The topological polar surface area (TPSA) is 57.6 Å². The Morgan fingerprint density at radius 3 is 2.00 bits per heavy atom. The van der Waals surface area contributed by atoms with Crippen LogP contribution in [0.25, 0.3) is 0 Å². The molecule has 2 aliphatic heterocycles. The lowest BCUT2D eigenvalue weighted by molar-refractivity contribution is 0.0749. The van der Waals surface area contributed by atoms with Crippen LogP contribution in [0.1, 0.15) is 89.1 Å². The van der Waals surface area contributed by atoms with Crippen molar-refractivity contribution < 1.29 is 9.59 Å². The van der Waals surface area contributed by atoms with Gasteiger partial charge in [0.25, 0.3) is 5.91 Å². The first-order valence-corrected chi connectivity index (χ1v) is 12.1. The standard InChI is InChI=1S/C16H24N4O2.4C2H6/c1-18-9-3-13-15(18)14(21)4-10-20(16(13)22)8-2-7-19-11-5-17-6-12-19;4*1-2/h3,9,17H,2,4-8,10-12H2,1H3;4*1-2H3. The first kappa shape index (κ1) is 30.5. The number of aryl methyl sites for hydroxylation is 1. The summed E-state index contributed by atoms with van der Waals surface area (Å²) in [5.41, 5.74) is 1.13. The number of carbonyl (C=O) groups is 2. The van der Waals surface area contributed by atoms with Crippen molar-refractivity contribution in [2.75, 3.05) is 45.8 Å². The summed E-state index contributed by atoms with van der Waals surface area (Å²) < 4.78 is 1.76. The van der Waals surface area contributed by atoms with E-state index in [9.17, 15) is 9.59 Å². The van der Waals surface area contributed by atoms with E-state index in [-0.39, 0.29) is 11.7 Å². The lowest BCUT2D eigenvalue weighted by Gasteiger charge is -2.28. The van der Waals surface area contributed by atoms with Crippen molar-refractivity contribution in [2.24, 2.45) is 7.05 Å². The van der Waals surface area contributed by atoms with Crippen molar-refractivity contribution in [1.82, 2.24) is 19.7 Å². The van der Waals surface area contributed by atoms with Crippen molar-refractivity contribution in [1.29, 1.82) is 0 Å². The van der Waals surface area contributed by atoms with E-state index in [1.54, 1.807) is 16.8 Å². The summed E-state index contributed by atoms with van der Waals surface area (Å²) in [6.07, 6.45) is 3.18. The maximum absolute atomic E-state index is 12.6. The minimum absolute atomic E-state index is 0.00163. The summed E-state index contributed by atoms with van der Waals surface area (Å²) in [5.74, 6) is 0.0715.